The van der Waals surface area contributed by atoms with E-state index in [4.69, 9.17) is 32.4 Å². The Bertz CT molecular complexity index is 1230. The Morgan fingerprint density at radius 2 is 1.87 bits per heavy atom. The van der Waals surface area contributed by atoms with Gasteiger partial charge in [-0.3, -0.25) is 14.5 Å². The van der Waals surface area contributed by atoms with Gasteiger partial charge in [0.05, 0.1) is 17.7 Å². The number of amides is 1. The van der Waals surface area contributed by atoms with Gasteiger partial charge in [-0.2, -0.15) is 0 Å². The number of aryl methyl sites for hydroxylation is 1. The highest BCUT2D eigenvalue weighted by Crippen LogP contribution is 2.43. The number of Topliss-reactive ketones (excluding diaryl/α,β-unsaturated/α-hetero) is 1. The molecule has 2 aromatic carbocycles. The molecule has 1 aliphatic rings. The lowest BCUT2D eigenvalue weighted by Gasteiger charge is -2.23. The summed E-state index contributed by atoms with van der Waals surface area (Å²) < 4.78 is 11.0. The van der Waals surface area contributed by atoms with Crippen molar-refractivity contribution in [3.05, 3.63) is 87.3 Å². The second-order valence-corrected chi connectivity index (χ2v) is 7.79. The first-order chi connectivity index (χ1) is 14.8. The van der Waals surface area contributed by atoms with Crippen molar-refractivity contribution < 1.29 is 23.8 Å². The first kappa shape index (κ1) is 21.0. The van der Waals surface area contributed by atoms with Crippen LogP contribution in [0, 0.1) is 6.92 Å². The van der Waals surface area contributed by atoms with Crippen molar-refractivity contribution in [2.24, 2.45) is 0 Å². The summed E-state index contributed by atoms with van der Waals surface area (Å²) in [6.07, 6.45) is 0. The predicted octanol–water partition coefficient (Wildman–Crippen LogP) is 5.53. The number of carbonyl (C=O) groups excluding carboxylic acids is 2. The van der Waals surface area contributed by atoms with E-state index in [2.05, 4.69) is 0 Å². The number of aliphatic hydroxyl groups is 1. The predicted molar refractivity (Wildman–Crippen MR) is 118 cm³/mol. The summed E-state index contributed by atoms with van der Waals surface area (Å²) in [4.78, 5) is 27.4. The van der Waals surface area contributed by atoms with E-state index in [9.17, 15) is 14.7 Å². The Morgan fingerprint density at radius 1 is 1.10 bits per heavy atom. The highest BCUT2D eigenvalue weighted by atomic mass is 35.5. The molecule has 6 nitrogen and oxygen atoms in total. The lowest BCUT2D eigenvalue weighted by molar-refractivity contribution is -0.132. The molecule has 1 saturated heterocycles. The summed E-state index contributed by atoms with van der Waals surface area (Å²) in [6, 6.07) is 13.5. The third-order valence-corrected chi connectivity index (χ3v) is 5.53. The van der Waals surface area contributed by atoms with Gasteiger partial charge in [0, 0.05) is 16.3 Å². The van der Waals surface area contributed by atoms with Crippen molar-refractivity contribution in [1.29, 1.82) is 0 Å². The first-order valence-electron chi connectivity index (χ1n) is 9.28. The minimum Gasteiger partial charge on any atom is -0.507 e. The zero-order valence-electron chi connectivity index (χ0n) is 16.6. The second kappa shape index (κ2) is 8.13. The summed E-state index contributed by atoms with van der Waals surface area (Å²) in [5.41, 5.74) is 0.573. The number of halogens is 2. The summed E-state index contributed by atoms with van der Waals surface area (Å²) >= 11 is 12.2. The van der Waals surface area contributed by atoms with Crippen molar-refractivity contribution in [2.45, 2.75) is 13.0 Å². The minimum atomic E-state index is -0.978. The molecule has 0 saturated carbocycles. The third-order valence-electron chi connectivity index (χ3n) is 4.99. The summed E-state index contributed by atoms with van der Waals surface area (Å²) in [6.45, 7) is 1.75. The number of benzene rings is 2. The number of ketones is 1. The molecule has 0 spiro atoms. The van der Waals surface area contributed by atoms with E-state index in [0.29, 0.717) is 33.0 Å². The van der Waals surface area contributed by atoms with Crippen molar-refractivity contribution in [1.82, 2.24) is 0 Å². The van der Waals surface area contributed by atoms with Crippen LogP contribution < -0.4 is 9.64 Å². The Hall–Kier alpha value is -3.22. The zero-order valence-corrected chi connectivity index (χ0v) is 18.1. The van der Waals surface area contributed by atoms with Crippen LogP contribution in [0.4, 0.5) is 5.69 Å². The van der Waals surface area contributed by atoms with Crippen molar-refractivity contribution in [2.75, 3.05) is 12.0 Å². The van der Waals surface area contributed by atoms with Gasteiger partial charge in [-0.25, -0.2) is 0 Å². The second-order valence-electron chi connectivity index (χ2n) is 6.95. The molecule has 1 aromatic heterocycles. The van der Waals surface area contributed by atoms with Crippen LogP contribution in [0.5, 0.6) is 5.75 Å². The number of anilines is 1. The molecule has 1 atom stereocenters. The van der Waals surface area contributed by atoms with Gasteiger partial charge < -0.3 is 14.3 Å². The van der Waals surface area contributed by atoms with Crippen molar-refractivity contribution >= 4 is 46.3 Å². The van der Waals surface area contributed by atoms with Crippen LogP contribution in [0.2, 0.25) is 10.0 Å². The average Bonchev–Trinajstić information content (AvgIpc) is 3.29. The number of hydrogen-bond acceptors (Lipinski definition) is 5. The normalized spacial score (nSPS) is 17.9. The van der Waals surface area contributed by atoms with Gasteiger partial charge in [-0.15, -0.1) is 0 Å². The molecule has 2 heterocycles. The lowest BCUT2D eigenvalue weighted by Crippen LogP contribution is -2.29. The molecule has 1 fully saturated rings. The van der Waals surface area contributed by atoms with E-state index in [0.717, 1.165) is 0 Å². The zero-order chi connectivity index (χ0) is 22.3. The topological polar surface area (TPSA) is 80.0 Å². The molecule has 1 unspecified atom stereocenters. The van der Waals surface area contributed by atoms with Crippen LogP contribution in [0.3, 0.4) is 0 Å². The molecular formula is C23H17Cl2NO5. The Morgan fingerprint density at radius 3 is 2.52 bits per heavy atom. The van der Waals surface area contributed by atoms with Crippen LogP contribution in [0.15, 0.2) is 64.6 Å². The van der Waals surface area contributed by atoms with Gasteiger partial charge >= 0.3 is 0 Å². The standard InChI is InChI=1S/C23H17Cl2NO5/c1-12-6-9-17(31-12)20-19(21(27)13-7-8-16(25)18(10-13)30-2)22(28)23(29)26(20)15-5-3-4-14(24)11-15/h3-11,20,27H,1-2H3/b21-19-. The van der Waals surface area contributed by atoms with Crippen LogP contribution in [-0.4, -0.2) is 23.9 Å². The fourth-order valence-corrected chi connectivity index (χ4v) is 3.94. The number of hydrogen-bond donors (Lipinski definition) is 1. The number of aliphatic hydroxyl groups excluding tert-OH is 1. The Balaban J connectivity index is 1.94. The largest absolute Gasteiger partial charge is 0.507 e. The monoisotopic (exact) mass is 457 g/mol. The number of methoxy groups -OCH3 is 1. The lowest BCUT2D eigenvalue weighted by atomic mass is 9.99. The Labute approximate surface area is 188 Å². The summed E-state index contributed by atoms with van der Waals surface area (Å²) in [5, 5.41) is 11.8. The van der Waals surface area contributed by atoms with Crippen LogP contribution in [0.25, 0.3) is 5.76 Å². The van der Waals surface area contributed by atoms with Gasteiger partial charge in [-0.1, -0.05) is 29.3 Å². The third kappa shape index (κ3) is 3.69. The number of carbonyl (C=O) groups is 2. The summed E-state index contributed by atoms with van der Waals surface area (Å²) in [5.74, 6) is -0.759. The molecule has 0 aliphatic carbocycles. The van der Waals surface area contributed by atoms with E-state index in [1.807, 2.05) is 0 Å². The van der Waals surface area contributed by atoms with E-state index in [1.54, 1.807) is 43.3 Å². The quantitative estimate of drug-likeness (QED) is 0.316. The van der Waals surface area contributed by atoms with Gasteiger partial charge in [0.25, 0.3) is 11.7 Å². The molecular weight excluding hydrogens is 441 g/mol. The first-order valence-corrected chi connectivity index (χ1v) is 10.0. The van der Waals surface area contributed by atoms with Gasteiger partial charge in [0.2, 0.25) is 0 Å². The minimum absolute atomic E-state index is 0.108. The molecule has 3 aromatic rings. The van der Waals surface area contributed by atoms with Crippen LogP contribution >= 0.6 is 23.2 Å². The van der Waals surface area contributed by atoms with E-state index in [1.165, 1.54) is 30.2 Å². The van der Waals surface area contributed by atoms with Crippen LogP contribution in [-0.2, 0) is 9.59 Å². The number of ether oxygens (including phenoxy) is 1. The molecule has 1 N–H and O–H groups in total. The smallest absolute Gasteiger partial charge is 0.300 e. The van der Waals surface area contributed by atoms with Crippen molar-refractivity contribution in [3.8, 4) is 5.75 Å². The van der Waals surface area contributed by atoms with Crippen molar-refractivity contribution in [3.63, 3.8) is 0 Å². The maximum atomic E-state index is 13.1. The van der Waals surface area contributed by atoms with E-state index in [-0.39, 0.29) is 16.9 Å². The maximum absolute atomic E-state index is 13.1. The van der Waals surface area contributed by atoms with Gasteiger partial charge in [0.15, 0.2) is 0 Å². The maximum Gasteiger partial charge on any atom is 0.300 e. The summed E-state index contributed by atoms with van der Waals surface area (Å²) in [7, 11) is 1.44. The SMILES string of the molecule is COc1cc(/C(O)=C2/C(=O)C(=O)N(c3cccc(Cl)c3)C2c2ccc(C)o2)ccc1Cl. The van der Waals surface area contributed by atoms with Gasteiger partial charge in [-0.05, 0) is 55.5 Å². The fourth-order valence-electron chi connectivity index (χ4n) is 3.56. The molecule has 31 heavy (non-hydrogen) atoms. The fraction of sp³-hybridized carbons (Fsp3) is 0.130. The molecule has 1 amide bonds. The molecule has 1 aliphatic heterocycles. The molecule has 0 bridgehead atoms. The number of furan rings is 1. The van der Waals surface area contributed by atoms with Crippen LogP contribution in [0.1, 0.15) is 23.1 Å². The highest BCUT2D eigenvalue weighted by molar-refractivity contribution is 6.51. The number of rotatable bonds is 4. The Kier molecular flexibility index (Phi) is 5.52. The van der Waals surface area contributed by atoms with E-state index >= 15 is 0 Å². The average molecular weight is 458 g/mol. The van der Waals surface area contributed by atoms with Gasteiger partial charge in [0.1, 0.15) is 29.1 Å². The van der Waals surface area contributed by atoms with E-state index < -0.39 is 17.7 Å². The number of nitrogens with zero attached hydrogens (tertiary/aromatic N) is 1. The molecule has 158 valence electrons. The highest BCUT2D eigenvalue weighted by Gasteiger charge is 2.48. The molecule has 0 radical (unpaired) electrons. The molecule has 8 heteroatoms. The molecule has 4 rings (SSSR count).